The third-order valence-corrected chi connectivity index (χ3v) is 9.03. The van der Waals surface area contributed by atoms with E-state index in [0.29, 0.717) is 12.8 Å². The van der Waals surface area contributed by atoms with Gasteiger partial charge < -0.3 is 30.6 Å². The van der Waals surface area contributed by atoms with Crippen molar-refractivity contribution in [3.8, 4) is 0 Å². The number of rotatable bonds is 34. The average molecular weight is 691 g/mol. The summed E-state index contributed by atoms with van der Waals surface area (Å²) >= 11 is 0. The molecule has 9 heteroatoms. The van der Waals surface area contributed by atoms with E-state index in [1.807, 2.05) is 6.92 Å². The Morgan fingerprint density at radius 3 is 0.729 bits per heavy atom. The highest BCUT2D eigenvalue weighted by Gasteiger charge is 2.24. The topological polar surface area (TPSA) is 173 Å². The number of aliphatic hydroxyl groups is 3. The zero-order chi connectivity index (χ0) is 36.6. The smallest absolute Gasteiger partial charge is 0.303 e. The van der Waals surface area contributed by atoms with Gasteiger partial charge in [0.15, 0.2) is 0 Å². The molecule has 0 fully saturated rings. The molecule has 0 bridgehead atoms. The van der Waals surface area contributed by atoms with E-state index in [1.54, 1.807) is 0 Å². The van der Waals surface area contributed by atoms with Crippen molar-refractivity contribution in [3.63, 3.8) is 0 Å². The highest BCUT2D eigenvalue weighted by atomic mass is 16.4. The Hall–Kier alpha value is -1.71. The van der Waals surface area contributed by atoms with Gasteiger partial charge in [0, 0.05) is 24.7 Å². The number of aliphatic carboxylic acids is 3. The summed E-state index contributed by atoms with van der Waals surface area (Å²) in [6.07, 6.45) is 35.7. The molecule has 0 amide bonds. The first-order valence-corrected chi connectivity index (χ1v) is 19.6. The Kier molecular flexibility index (Phi) is 43.8. The lowest BCUT2D eigenvalue weighted by atomic mass is 9.88. The van der Waals surface area contributed by atoms with Crippen LogP contribution in [0.4, 0.5) is 0 Å². The molecule has 288 valence electrons. The second-order valence-electron chi connectivity index (χ2n) is 13.6. The monoisotopic (exact) mass is 691 g/mol. The molecule has 0 aromatic heterocycles. The maximum Gasteiger partial charge on any atom is 0.303 e. The minimum absolute atomic E-state index is 0.0632. The van der Waals surface area contributed by atoms with Crippen LogP contribution in [0.1, 0.15) is 206 Å². The van der Waals surface area contributed by atoms with Crippen LogP contribution < -0.4 is 0 Å². The lowest BCUT2D eigenvalue weighted by molar-refractivity contribution is -0.139. The maximum atomic E-state index is 10.4. The van der Waals surface area contributed by atoms with E-state index in [2.05, 4.69) is 6.92 Å². The number of carbonyl (C=O) groups is 3. The van der Waals surface area contributed by atoms with Gasteiger partial charge in [0.05, 0.1) is 19.8 Å². The predicted molar refractivity (Wildman–Crippen MR) is 196 cm³/mol. The molecule has 0 unspecified atom stereocenters. The standard InChI is InChI=1S/C28H56O2.C6H14O3.C5H8O4/c1-2-3-4-5-6-7-8-9-10-11-12-13-14-15-16-17-18-19-20-21-22-23-24-25-26-27-28(29)30;1-2-6(3-7,4-8)5-9;6-4(7)2-1-3-5(8)9/h2-27H2,1H3,(H,29,30);7-9H,2-5H2,1H3;1-3H2,(H,6,7)(H,8,9). The average Bonchev–Trinajstić information content (AvgIpc) is 3.06. The quantitative estimate of drug-likeness (QED) is 0.0359. The van der Waals surface area contributed by atoms with Crippen LogP contribution in [0, 0.1) is 5.41 Å². The van der Waals surface area contributed by atoms with Gasteiger partial charge in [0.25, 0.3) is 0 Å². The van der Waals surface area contributed by atoms with Crippen molar-refractivity contribution >= 4 is 17.9 Å². The molecule has 6 N–H and O–H groups in total. The number of unbranched alkanes of at least 4 members (excludes halogenated alkanes) is 24. The number of hydrogen-bond donors (Lipinski definition) is 6. The Labute approximate surface area is 294 Å². The molecule has 0 atom stereocenters. The van der Waals surface area contributed by atoms with Crippen molar-refractivity contribution in [2.24, 2.45) is 5.41 Å². The molecule has 0 saturated carbocycles. The summed E-state index contributed by atoms with van der Waals surface area (Å²) in [5.41, 5.74) is -0.667. The lowest BCUT2D eigenvalue weighted by Gasteiger charge is -2.24. The van der Waals surface area contributed by atoms with Gasteiger partial charge in [-0.05, 0) is 19.3 Å². The molecule has 0 aromatic rings. The molecule has 0 aliphatic rings. The SMILES string of the molecule is CCC(CO)(CO)CO.CCCCCCCCCCCCCCCCCCCCCCCCCCCC(=O)O.O=C(O)CCCC(=O)O. The van der Waals surface area contributed by atoms with Crippen LogP contribution in [0.5, 0.6) is 0 Å². The van der Waals surface area contributed by atoms with Crippen molar-refractivity contribution in [2.45, 2.75) is 206 Å². The highest BCUT2D eigenvalue weighted by Crippen LogP contribution is 2.18. The van der Waals surface area contributed by atoms with E-state index in [4.69, 9.17) is 30.6 Å². The van der Waals surface area contributed by atoms with Crippen molar-refractivity contribution in [1.29, 1.82) is 0 Å². The Morgan fingerprint density at radius 1 is 0.354 bits per heavy atom. The summed E-state index contributed by atoms with van der Waals surface area (Å²) in [6, 6.07) is 0. The maximum absolute atomic E-state index is 10.4. The zero-order valence-corrected chi connectivity index (χ0v) is 31.2. The predicted octanol–water partition coefficient (Wildman–Crippen LogP) is 9.92. The van der Waals surface area contributed by atoms with Crippen LogP contribution in [0.3, 0.4) is 0 Å². The van der Waals surface area contributed by atoms with Gasteiger partial charge in [-0.15, -0.1) is 0 Å². The third kappa shape index (κ3) is 44.3. The van der Waals surface area contributed by atoms with Crippen LogP contribution >= 0.6 is 0 Å². The molecule has 0 heterocycles. The summed E-state index contributed by atoms with van der Waals surface area (Å²) in [6.45, 7) is 3.65. The van der Waals surface area contributed by atoms with Crippen molar-refractivity contribution in [3.05, 3.63) is 0 Å². The van der Waals surface area contributed by atoms with Crippen molar-refractivity contribution in [2.75, 3.05) is 19.8 Å². The Bertz CT molecular complexity index is 649. The fraction of sp³-hybridized carbons (Fsp3) is 0.923. The van der Waals surface area contributed by atoms with Crippen molar-refractivity contribution in [1.82, 2.24) is 0 Å². The van der Waals surface area contributed by atoms with Gasteiger partial charge in [0.2, 0.25) is 0 Å². The van der Waals surface area contributed by atoms with E-state index >= 15 is 0 Å². The van der Waals surface area contributed by atoms with E-state index in [9.17, 15) is 14.4 Å². The van der Waals surface area contributed by atoms with Gasteiger partial charge >= 0.3 is 17.9 Å². The summed E-state index contributed by atoms with van der Waals surface area (Å²) in [5.74, 6) is -2.54. The van der Waals surface area contributed by atoms with Crippen LogP contribution in [-0.4, -0.2) is 68.4 Å². The van der Waals surface area contributed by atoms with Gasteiger partial charge in [-0.25, -0.2) is 0 Å². The van der Waals surface area contributed by atoms with Crippen LogP contribution in [0.2, 0.25) is 0 Å². The van der Waals surface area contributed by atoms with Crippen LogP contribution in [-0.2, 0) is 14.4 Å². The molecule has 0 aliphatic carbocycles. The highest BCUT2D eigenvalue weighted by molar-refractivity contribution is 5.69. The van der Waals surface area contributed by atoms with Crippen LogP contribution in [0.25, 0.3) is 0 Å². The lowest BCUT2D eigenvalue weighted by Crippen LogP contribution is -2.32. The van der Waals surface area contributed by atoms with Gasteiger partial charge in [-0.2, -0.15) is 0 Å². The second kappa shape index (κ2) is 41.5. The second-order valence-corrected chi connectivity index (χ2v) is 13.6. The fourth-order valence-electron chi connectivity index (χ4n) is 5.29. The normalized spacial score (nSPS) is 10.9. The molecule has 0 aliphatic heterocycles. The summed E-state index contributed by atoms with van der Waals surface area (Å²) in [7, 11) is 0. The van der Waals surface area contributed by atoms with Gasteiger partial charge in [0.1, 0.15) is 0 Å². The molecular weight excluding hydrogens is 612 g/mol. The molecule has 0 radical (unpaired) electrons. The molecule has 0 aromatic carbocycles. The number of carboxylic acid groups (broad SMARTS) is 3. The number of carboxylic acids is 3. The summed E-state index contributed by atoms with van der Waals surface area (Å²) in [5, 5.41) is 50.6. The Balaban J connectivity index is -0.000000910. The van der Waals surface area contributed by atoms with Gasteiger partial charge in [-0.1, -0.05) is 168 Å². The fourth-order valence-corrected chi connectivity index (χ4v) is 5.29. The van der Waals surface area contributed by atoms with E-state index < -0.39 is 23.3 Å². The molecule has 0 spiro atoms. The first-order chi connectivity index (χ1) is 23.1. The van der Waals surface area contributed by atoms with Gasteiger partial charge in [-0.3, -0.25) is 14.4 Å². The van der Waals surface area contributed by atoms with E-state index in [0.717, 1.165) is 12.8 Å². The van der Waals surface area contributed by atoms with Crippen molar-refractivity contribution < 1.29 is 45.0 Å². The third-order valence-electron chi connectivity index (χ3n) is 9.03. The molecule has 0 rings (SSSR count). The first-order valence-electron chi connectivity index (χ1n) is 19.6. The van der Waals surface area contributed by atoms with E-state index in [-0.39, 0.29) is 39.1 Å². The minimum Gasteiger partial charge on any atom is -0.481 e. The largest absolute Gasteiger partial charge is 0.481 e. The molecular formula is C39H78O9. The van der Waals surface area contributed by atoms with E-state index in [1.165, 1.54) is 148 Å². The minimum atomic E-state index is -0.948. The summed E-state index contributed by atoms with van der Waals surface area (Å²) < 4.78 is 0. The first kappa shape index (κ1) is 50.7. The number of aliphatic hydroxyl groups excluding tert-OH is 3. The van der Waals surface area contributed by atoms with Crippen LogP contribution in [0.15, 0.2) is 0 Å². The molecule has 9 nitrogen and oxygen atoms in total. The number of hydrogen-bond acceptors (Lipinski definition) is 6. The zero-order valence-electron chi connectivity index (χ0n) is 31.2. The molecule has 0 saturated heterocycles. The Morgan fingerprint density at radius 2 is 0.562 bits per heavy atom. The molecule has 48 heavy (non-hydrogen) atoms. The summed E-state index contributed by atoms with van der Waals surface area (Å²) in [4.78, 5) is 30.0.